The molecule has 0 aliphatic carbocycles. The molecule has 1 N–H and O–H groups in total. The molecule has 1 saturated heterocycles. The lowest BCUT2D eigenvalue weighted by Gasteiger charge is -2.39. The van der Waals surface area contributed by atoms with E-state index in [-0.39, 0.29) is 0 Å². The van der Waals surface area contributed by atoms with E-state index in [1.807, 2.05) is 6.07 Å². The number of anilines is 1. The Kier molecular flexibility index (Phi) is 5.92. The fraction of sp³-hybridized carbons (Fsp3) is 0.435. The van der Waals surface area contributed by atoms with E-state index in [0.717, 1.165) is 54.8 Å². The largest absolute Gasteiger partial charge is 0.454 e. The van der Waals surface area contributed by atoms with Gasteiger partial charge in [-0.25, -0.2) is 0 Å². The van der Waals surface area contributed by atoms with Gasteiger partial charge >= 0.3 is 0 Å². The maximum Gasteiger partial charge on any atom is 0.231 e. The van der Waals surface area contributed by atoms with Crippen LogP contribution in [0.1, 0.15) is 29.5 Å². The number of ether oxygens (including phenoxy) is 2. The molecule has 4 rings (SSSR count). The van der Waals surface area contributed by atoms with Crippen molar-refractivity contribution in [3.05, 3.63) is 53.1 Å². The molecule has 2 aliphatic heterocycles. The molecule has 2 aliphatic rings. The van der Waals surface area contributed by atoms with Gasteiger partial charge in [-0.15, -0.1) is 0 Å². The van der Waals surface area contributed by atoms with Crippen LogP contribution in [0.2, 0.25) is 0 Å². The smallest absolute Gasteiger partial charge is 0.231 e. The number of benzene rings is 2. The molecule has 0 unspecified atom stereocenters. The van der Waals surface area contributed by atoms with Crippen molar-refractivity contribution in [2.24, 2.45) is 0 Å². The molecule has 2 aromatic rings. The van der Waals surface area contributed by atoms with Crippen molar-refractivity contribution in [2.75, 3.05) is 32.2 Å². The molecular formula is C23H29N3O2S. The second kappa shape index (κ2) is 8.59. The Morgan fingerprint density at radius 3 is 2.62 bits per heavy atom. The van der Waals surface area contributed by atoms with Crippen LogP contribution in [0.4, 0.5) is 5.69 Å². The molecule has 0 atom stereocenters. The standard InChI is InChI=1S/C23H29N3O2S/c1-16-4-6-20(17(2)12-16)24-23(29)26(19-8-10-25(3)11-9-19)14-18-5-7-21-22(13-18)28-15-27-21/h4-7,12-13,19H,8-11,14-15H2,1-3H3,(H,24,29). The van der Waals surface area contributed by atoms with Crippen LogP contribution in [0.5, 0.6) is 11.5 Å². The van der Waals surface area contributed by atoms with Crippen molar-refractivity contribution < 1.29 is 9.47 Å². The fourth-order valence-electron chi connectivity index (χ4n) is 4.05. The number of piperidine rings is 1. The molecule has 5 nitrogen and oxygen atoms in total. The summed E-state index contributed by atoms with van der Waals surface area (Å²) in [5, 5.41) is 4.29. The summed E-state index contributed by atoms with van der Waals surface area (Å²) >= 11 is 5.90. The zero-order valence-corrected chi connectivity index (χ0v) is 18.2. The summed E-state index contributed by atoms with van der Waals surface area (Å²) in [4.78, 5) is 4.73. The van der Waals surface area contributed by atoms with Gasteiger partial charge in [-0.3, -0.25) is 0 Å². The molecule has 0 bridgehead atoms. The van der Waals surface area contributed by atoms with Crippen LogP contribution in [0.25, 0.3) is 0 Å². The maximum absolute atomic E-state index is 5.90. The average molecular weight is 412 g/mol. The minimum atomic E-state index is 0.296. The number of thiocarbonyl (C=S) groups is 1. The summed E-state index contributed by atoms with van der Waals surface area (Å²) in [6.07, 6.45) is 2.21. The van der Waals surface area contributed by atoms with Crippen LogP contribution < -0.4 is 14.8 Å². The fourth-order valence-corrected chi connectivity index (χ4v) is 4.37. The number of nitrogens with one attached hydrogen (secondary N) is 1. The first-order chi connectivity index (χ1) is 14.0. The number of hydrogen-bond donors (Lipinski definition) is 1. The highest BCUT2D eigenvalue weighted by Gasteiger charge is 2.26. The average Bonchev–Trinajstić information content (AvgIpc) is 3.17. The number of likely N-dealkylation sites (tertiary alicyclic amines) is 1. The number of nitrogens with zero attached hydrogens (tertiary/aromatic N) is 2. The number of rotatable bonds is 4. The zero-order chi connectivity index (χ0) is 20.4. The quantitative estimate of drug-likeness (QED) is 0.755. The van der Waals surface area contributed by atoms with Crippen LogP contribution >= 0.6 is 12.2 Å². The molecule has 2 heterocycles. The summed E-state index contributed by atoms with van der Waals surface area (Å²) in [6, 6.07) is 13.0. The van der Waals surface area contributed by atoms with Crippen LogP contribution in [-0.2, 0) is 6.54 Å². The van der Waals surface area contributed by atoms with Gasteiger partial charge in [0.1, 0.15) is 0 Å². The Morgan fingerprint density at radius 1 is 1.10 bits per heavy atom. The Bertz CT molecular complexity index is 894. The van der Waals surface area contributed by atoms with Gasteiger partial charge in [-0.05, 0) is 88.4 Å². The van der Waals surface area contributed by atoms with Crippen LogP contribution in [-0.4, -0.2) is 47.9 Å². The molecule has 6 heteroatoms. The zero-order valence-electron chi connectivity index (χ0n) is 17.4. The molecule has 0 radical (unpaired) electrons. The van der Waals surface area contributed by atoms with Gasteiger partial charge in [0.15, 0.2) is 16.6 Å². The van der Waals surface area contributed by atoms with Gasteiger partial charge in [0.25, 0.3) is 0 Å². The lowest BCUT2D eigenvalue weighted by Crippen LogP contribution is -2.47. The molecule has 0 spiro atoms. The van der Waals surface area contributed by atoms with E-state index in [0.29, 0.717) is 12.8 Å². The Labute approximate surface area is 178 Å². The third kappa shape index (κ3) is 4.65. The van der Waals surface area contributed by atoms with Crippen molar-refractivity contribution >= 4 is 23.0 Å². The molecule has 29 heavy (non-hydrogen) atoms. The minimum Gasteiger partial charge on any atom is -0.454 e. The van der Waals surface area contributed by atoms with Crippen LogP contribution in [0.3, 0.4) is 0 Å². The summed E-state index contributed by atoms with van der Waals surface area (Å²) in [5.41, 5.74) is 4.72. The highest BCUT2D eigenvalue weighted by Crippen LogP contribution is 2.33. The summed E-state index contributed by atoms with van der Waals surface area (Å²) in [5.74, 6) is 1.63. The molecule has 154 valence electrons. The summed E-state index contributed by atoms with van der Waals surface area (Å²) in [7, 11) is 2.19. The molecule has 0 saturated carbocycles. The third-order valence-corrected chi connectivity index (χ3v) is 6.14. The summed E-state index contributed by atoms with van der Waals surface area (Å²) in [6.45, 7) is 7.46. The first-order valence-corrected chi connectivity index (χ1v) is 10.6. The van der Waals surface area contributed by atoms with E-state index in [2.05, 4.69) is 66.3 Å². The van der Waals surface area contributed by atoms with Crippen LogP contribution in [0, 0.1) is 13.8 Å². The molecule has 1 fully saturated rings. The third-order valence-electron chi connectivity index (χ3n) is 5.80. The minimum absolute atomic E-state index is 0.296. The van der Waals surface area contributed by atoms with E-state index in [1.165, 1.54) is 16.7 Å². The molecule has 2 aromatic carbocycles. The predicted molar refractivity (Wildman–Crippen MR) is 121 cm³/mol. The van der Waals surface area contributed by atoms with Crippen molar-refractivity contribution in [1.82, 2.24) is 9.80 Å². The van der Waals surface area contributed by atoms with E-state index in [9.17, 15) is 0 Å². The highest BCUT2D eigenvalue weighted by molar-refractivity contribution is 7.80. The Hall–Kier alpha value is -2.31. The van der Waals surface area contributed by atoms with Crippen molar-refractivity contribution in [3.63, 3.8) is 0 Å². The van der Waals surface area contributed by atoms with Crippen molar-refractivity contribution in [3.8, 4) is 11.5 Å². The lowest BCUT2D eigenvalue weighted by atomic mass is 10.0. The van der Waals surface area contributed by atoms with Gasteiger partial charge in [0.2, 0.25) is 6.79 Å². The number of fused-ring (bicyclic) bond motifs is 1. The topological polar surface area (TPSA) is 37.0 Å². The van der Waals surface area contributed by atoms with Crippen molar-refractivity contribution in [1.29, 1.82) is 0 Å². The molecular weight excluding hydrogens is 382 g/mol. The lowest BCUT2D eigenvalue weighted by molar-refractivity contribution is 0.172. The number of hydrogen-bond acceptors (Lipinski definition) is 4. The van der Waals surface area contributed by atoms with Gasteiger partial charge in [-0.1, -0.05) is 23.8 Å². The molecule has 0 aromatic heterocycles. The molecule has 0 amide bonds. The van der Waals surface area contributed by atoms with Gasteiger partial charge in [0, 0.05) is 18.3 Å². The van der Waals surface area contributed by atoms with Crippen LogP contribution in [0.15, 0.2) is 36.4 Å². The van der Waals surface area contributed by atoms with Gasteiger partial charge in [0.05, 0.1) is 0 Å². The van der Waals surface area contributed by atoms with Crippen molar-refractivity contribution in [2.45, 2.75) is 39.3 Å². The maximum atomic E-state index is 5.90. The van der Waals surface area contributed by atoms with E-state index < -0.39 is 0 Å². The first-order valence-electron chi connectivity index (χ1n) is 10.2. The Morgan fingerprint density at radius 2 is 1.86 bits per heavy atom. The van der Waals surface area contributed by atoms with Gasteiger partial charge < -0.3 is 24.6 Å². The van der Waals surface area contributed by atoms with Gasteiger partial charge in [-0.2, -0.15) is 0 Å². The normalized spacial score (nSPS) is 16.7. The monoisotopic (exact) mass is 411 g/mol. The predicted octanol–water partition coefficient (Wildman–Crippen LogP) is 4.33. The number of aryl methyl sites for hydroxylation is 2. The second-order valence-corrected chi connectivity index (χ2v) is 8.49. The Balaban J connectivity index is 1.55. The highest BCUT2D eigenvalue weighted by atomic mass is 32.1. The summed E-state index contributed by atoms with van der Waals surface area (Å²) < 4.78 is 11.0. The van der Waals surface area contributed by atoms with E-state index in [4.69, 9.17) is 21.7 Å². The SMILES string of the molecule is Cc1ccc(NC(=S)N(Cc2ccc3c(c2)OCO3)C2CCN(C)CC2)c(C)c1. The van der Waals surface area contributed by atoms with E-state index >= 15 is 0 Å². The van der Waals surface area contributed by atoms with E-state index in [1.54, 1.807) is 0 Å². The second-order valence-electron chi connectivity index (χ2n) is 8.10. The first kappa shape index (κ1) is 20.0.